The van der Waals surface area contributed by atoms with E-state index in [0.717, 1.165) is 24.3 Å². The predicted octanol–water partition coefficient (Wildman–Crippen LogP) is 4.04. The lowest BCUT2D eigenvalue weighted by atomic mass is 10.0. The van der Waals surface area contributed by atoms with Gasteiger partial charge in [0.1, 0.15) is 0 Å². The van der Waals surface area contributed by atoms with Crippen LogP contribution in [-0.2, 0) is 6.18 Å². The van der Waals surface area contributed by atoms with E-state index in [1.165, 1.54) is 6.20 Å². The summed E-state index contributed by atoms with van der Waals surface area (Å²) in [5.74, 6) is 0.0912. The fourth-order valence-corrected chi connectivity index (χ4v) is 2.32. The van der Waals surface area contributed by atoms with Crippen molar-refractivity contribution in [3.8, 4) is 0 Å². The summed E-state index contributed by atoms with van der Waals surface area (Å²) >= 11 is 0.742. The second kappa shape index (κ2) is 5.57. The van der Waals surface area contributed by atoms with Crippen LogP contribution in [0.25, 0.3) is 0 Å². The monoisotopic (exact) mass is 280 g/mol. The molecule has 0 fully saturated rings. The number of nitrogens with one attached hydrogen (secondary N) is 1. The number of halogens is 3. The van der Waals surface area contributed by atoms with E-state index in [-0.39, 0.29) is 11.5 Å². The molecule has 0 aliphatic heterocycles. The van der Waals surface area contributed by atoms with Gasteiger partial charge < -0.3 is 5.32 Å². The molecule has 1 heterocycles. The molecule has 0 radical (unpaired) electrons. The van der Waals surface area contributed by atoms with Crippen LogP contribution in [0.3, 0.4) is 0 Å². The van der Waals surface area contributed by atoms with Crippen molar-refractivity contribution < 1.29 is 13.2 Å². The van der Waals surface area contributed by atoms with E-state index < -0.39 is 11.2 Å². The third-order valence-electron chi connectivity index (χ3n) is 2.48. The Kier molecular flexibility index (Phi) is 4.78. The molecule has 0 bridgehead atoms. The van der Waals surface area contributed by atoms with E-state index in [1.54, 1.807) is 0 Å². The molecule has 0 saturated heterocycles. The van der Waals surface area contributed by atoms with Crippen molar-refractivity contribution in [2.24, 2.45) is 0 Å². The minimum atomic E-state index is -4.33. The van der Waals surface area contributed by atoms with E-state index >= 15 is 0 Å². The SMILES string of the molecule is CC(CCNC(C)(C)C)c1cnc(C(F)(F)F)s1. The molecule has 0 aromatic carbocycles. The molecule has 104 valence electrons. The van der Waals surface area contributed by atoms with Crippen molar-refractivity contribution in [2.45, 2.75) is 51.7 Å². The largest absolute Gasteiger partial charge is 0.443 e. The van der Waals surface area contributed by atoms with Gasteiger partial charge in [0.15, 0.2) is 5.01 Å². The summed E-state index contributed by atoms with van der Waals surface area (Å²) in [6, 6.07) is 0. The maximum absolute atomic E-state index is 12.4. The highest BCUT2D eigenvalue weighted by molar-refractivity contribution is 7.11. The number of hydrogen-bond acceptors (Lipinski definition) is 3. The minimum absolute atomic E-state index is 0.0323. The minimum Gasteiger partial charge on any atom is -0.312 e. The highest BCUT2D eigenvalue weighted by Gasteiger charge is 2.34. The van der Waals surface area contributed by atoms with Gasteiger partial charge in [0, 0.05) is 16.6 Å². The van der Waals surface area contributed by atoms with E-state index in [9.17, 15) is 13.2 Å². The molecule has 1 rings (SSSR count). The summed E-state index contributed by atoms with van der Waals surface area (Å²) in [5, 5.41) is 2.57. The van der Waals surface area contributed by atoms with Gasteiger partial charge in [-0.2, -0.15) is 13.2 Å². The van der Waals surface area contributed by atoms with Gasteiger partial charge in [-0.05, 0) is 39.7 Å². The lowest BCUT2D eigenvalue weighted by molar-refractivity contribution is -0.137. The standard InChI is InChI=1S/C12H19F3N2S/c1-8(5-6-17-11(2,3)4)9-7-16-10(18-9)12(13,14)15/h7-8,17H,5-6H2,1-4H3. The van der Waals surface area contributed by atoms with Gasteiger partial charge in [0.05, 0.1) is 0 Å². The zero-order valence-electron chi connectivity index (χ0n) is 11.1. The van der Waals surface area contributed by atoms with Crippen LogP contribution in [-0.4, -0.2) is 17.1 Å². The Morgan fingerprint density at radius 2 is 1.94 bits per heavy atom. The average Bonchev–Trinajstić information content (AvgIpc) is 2.62. The lowest BCUT2D eigenvalue weighted by Crippen LogP contribution is -2.36. The Labute approximate surface area is 110 Å². The van der Waals surface area contributed by atoms with Crippen molar-refractivity contribution in [1.29, 1.82) is 0 Å². The molecule has 0 aliphatic carbocycles. The second-order valence-electron chi connectivity index (χ2n) is 5.43. The molecule has 1 atom stereocenters. The molecule has 6 heteroatoms. The molecule has 0 amide bonds. The summed E-state index contributed by atoms with van der Waals surface area (Å²) in [4.78, 5) is 4.13. The Bertz CT molecular complexity index is 379. The van der Waals surface area contributed by atoms with E-state index in [4.69, 9.17) is 0 Å². The zero-order chi connectivity index (χ0) is 14.0. The van der Waals surface area contributed by atoms with Crippen LogP contribution in [0, 0.1) is 0 Å². The Morgan fingerprint density at radius 1 is 1.33 bits per heavy atom. The van der Waals surface area contributed by atoms with Crippen molar-refractivity contribution in [3.63, 3.8) is 0 Å². The van der Waals surface area contributed by atoms with Gasteiger partial charge in [-0.25, -0.2) is 4.98 Å². The van der Waals surface area contributed by atoms with Crippen molar-refractivity contribution in [2.75, 3.05) is 6.54 Å². The van der Waals surface area contributed by atoms with Gasteiger partial charge in [0.25, 0.3) is 0 Å². The predicted molar refractivity (Wildman–Crippen MR) is 67.9 cm³/mol. The molecule has 2 nitrogen and oxygen atoms in total. The Hall–Kier alpha value is -0.620. The number of nitrogens with zero attached hydrogens (tertiary/aromatic N) is 1. The first-order chi connectivity index (χ1) is 8.09. The van der Waals surface area contributed by atoms with Crippen molar-refractivity contribution in [3.05, 3.63) is 16.1 Å². The smallest absolute Gasteiger partial charge is 0.312 e. The molecule has 1 unspecified atom stereocenters. The van der Waals surface area contributed by atoms with Crippen LogP contribution in [0.4, 0.5) is 13.2 Å². The average molecular weight is 280 g/mol. The highest BCUT2D eigenvalue weighted by atomic mass is 32.1. The number of thiazole rings is 1. The van der Waals surface area contributed by atoms with Gasteiger partial charge in [-0.1, -0.05) is 6.92 Å². The molecule has 18 heavy (non-hydrogen) atoms. The third-order valence-corrected chi connectivity index (χ3v) is 3.76. The molecule has 0 aliphatic rings. The molecule has 0 saturated carbocycles. The summed E-state index contributed by atoms with van der Waals surface area (Å²) in [6.45, 7) is 8.90. The highest BCUT2D eigenvalue weighted by Crippen LogP contribution is 2.35. The van der Waals surface area contributed by atoms with Crippen molar-refractivity contribution in [1.82, 2.24) is 10.3 Å². The van der Waals surface area contributed by atoms with E-state index in [1.807, 2.05) is 6.92 Å². The Balaban J connectivity index is 2.52. The number of alkyl halides is 3. The molecule has 1 N–H and O–H groups in total. The first-order valence-electron chi connectivity index (χ1n) is 5.87. The zero-order valence-corrected chi connectivity index (χ0v) is 11.9. The second-order valence-corrected chi connectivity index (χ2v) is 6.49. The summed E-state index contributed by atoms with van der Waals surface area (Å²) in [7, 11) is 0. The molecular formula is C12H19F3N2S. The molecular weight excluding hydrogens is 261 g/mol. The molecule has 0 spiro atoms. The van der Waals surface area contributed by atoms with Crippen LogP contribution in [0.5, 0.6) is 0 Å². The third kappa shape index (κ3) is 4.94. The van der Waals surface area contributed by atoms with Crippen LogP contribution in [0.1, 0.15) is 49.9 Å². The first kappa shape index (κ1) is 15.4. The van der Waals surface area contributed by atoms with Gasteiger partial charge in [0.2, 0.25) is 0 Å². The van der Waals surface area contributed by atoms with Crippen LogP contribution < -0.4 is 5.32 Å². The van der Waals surface area contributed by atoms with Crippen LogP contribution in [0.15, 0.2) is 6.20 Å². The number of aromatic nitrogens is 1. The number of hydrogen-bond donors (Lipinski definition) is 1. The van der Waals surface area contributed by atoms with E-state index in [2.05, 4.69) is 31.1 Å². The summed E-state index contributed by atoms with van der Waals surface area (Å²) in [6.07, 6.45) is -2.18. The maximum atomic E-state index is 12.4. The van der Waals surface area contributed by atoms with Crippen molar-refractivity contribution >= 4 is 11.3 Å². The molecule has 1 aromatic rings. The summed E-state index contributed by atoms with van der Waals surface area (Å²) < 4.78 is 37.2. The maximum Gasteiger partial charge on any atom is 0.443 e. The Morgan fingerprint density at radius 3 is 2.39 bits per heavy atom. The quantitative estimate of drug-likeness (QED) is 0.900. The topological polar surface area (TPSA) is 24.9 Å². The molecule has 1 aromatic heterocycles. The van der Waals surface area contributed by atoms with Gasteiger partial charge in [-0.3, -0.25) is 0 Å². The van der Waals surface area contributed by atoms with Crippen LogP contribution >= 0.6 is 11.3 Å². The normalized spacial score (nSPS) is 14.8. The fourth-order valence-electron chi connectivity index (χ4n) is 1.45. The van der Waals surface area contributed by atoms with Crippen LogP contribution in [0.2, 0.25) is 0 Å². The number of rotatable bonds is 4. The van der Waals surface area contributed by atoms with Gasteiger partial charge in [-0.15, -0.1) is 11.3 Å². The lowest BCUT2D eigenvalue weighted by Gasteiger charge is -2.21. The van der Waals surface area contributed by atoms with E-state index in [0.29, 0.717) is 4.88 Å². The van der Waals surface area contributed by atoms with Gasteiger partial charge >= 0.3 is 6.18 Å². The first-order valence-corrected chi connectivity index (χ1v) is 6.69. The fraction of sp³-hybridized carbons (Fsp3) is 0.750. The summed E-state index contributed by atoms with van der Waals surface area (Å²) in [5.41, 5.74) is 0.0323.